The molecule has 1 atom stereocenters. The first-order valence-corrected chi connectivity index (χ1v) is 22.0. The minimum absolute atomic E-state index is 0.127. The number of benzene rings is 10. The molecule has 0 fully saturated rings. The standard InChI is InChI=1S/C60H40N4/c1-2-15-39(16-3-1)42-21-12-22-45(35-42)63-56-29-10-8-25-50(56)52-36-43(31-33-58(52)63)44-32-34-59-53(37-44)51-26-9-11-30-57(51)64(59)60-61-54(48-27-13-19-40-17-4-6-23-46(40)48)38-55(62-60)49-28-14-20-41-18-5-7-24-47(41)49/h1-38,54H,(H,61,62). The molecule has 0 spiro atoms. The van der Waals surface area contributed by atoms with Gasteiger partial charge in [0.05, 0.1) is 33.8 Å². The first-order chi connectivity index (χ1) is 31.7. The van der Waals surface area contributed by atoms with Crippen molar-refractivity contribution >= 4 is 76.8 Å². The highest BCUT2D eigenvalue weighted by Gasteiger charge is 2.25. The number of fused-ring (bicyclic) bond motifs is 8. The zero-order chi connectivity index (χ0) is 42.1. The summed E-state index contributed by atoms with van der Waals surface area (Å²) in [6.45, 7) is 0. The van der Waals surface area contributed by atoms with Gasteiger partial charge in [-0.3, -0.25) is 4.57 Å². The second kappa shape index (κ2) is 14.6. The second-order valence-corrected chi connectivity index (χ2v) is 16.8. The van der Waals surface area contributed by atoms with E-state index in [0.717, 1.165) is 33.9 Å². The number of hydrogen-bond donors (Lipinski definition) is 1. The first-order valence-electron chi connectivity index (χ1n) is 22.0. The molecule has 0 radical (unpaired) electrons. The highest BCUT2D eigenvalue weighted by atomic mass is 15.2. The Balaban J connectivity index is 0.964. The third-order valence-corrected chi connectivity index (χ3v) is 13.2. The molecule has 0 saturated heterocycles. The Kier molecular flexibility index (Phi) is 8.25. The smallest absolute Gasteiger partial charge is 0.209 e. The summed E-state index contributed by atoms with van der Waals surface area (Å²) in [5.74, 6) is 0.799. The van der Waals surface area contributed by atoms with E-state index in [1.807, 2.05) is 0 Å². The molecule has 0 amide bonds. The molecule has 1 aliphatic rings. The molecule has 12 aromatic rings. The zero-order valence-corrected chi connectivity index (χ0v) is 34.9. The van der Waals surface area contributed by atoms with Crippen LogP contribution >= 0.6 is 0 Å². The summed E-state index contributed by atoms with van der Waals surface area (Å²) in [7, 11) is 0. The van der Waals surface area contributed by atoms with Crippen molar-refractivity contribution in [1.29, 1.82) is 0 Å². The summed E-state index contributed by atoms with van der Waals surface area (Å²) in [5.41, 5.74) is 13.8. The third-order valence-electron chi connectivity index (χ3n) is 13.2. The van der Waals surface area contributed by atoms with Crippen LogP contribution in [0.1, 0.15) is 17.2 Å². The molecule has 2 aromatic heterocycles. The zero-order valence-electron chi connectivity index (χ0n) is 34.9. The number of para-hydroxylation sites is 2. The van der Waals surface area contributed by atoms with Gasteiger partial charge in [-0.1, -0.05) is 176 Å². The topological polar surface area (TPSA) is 34.2 Å². The van der Waals surface area contributed by atoms with Gasteiger partial charge in [-0.25, -0.2) is 4.99 Å². The highest BCUT2D eigenvalue weighted by Crippen LogP contribution is 2.40. The molecule has 300 valence electrons. The molecule has 4 heteroatoms. The van der Waals surface area contributed by atoms with Gasteiger partial charge in [0.1, 0.15) is 0 Å². The van der Waals surface area contributed by atoms with Gasteiger partial charge in [-0.15, -0.1) is 0 Å². The van der Waals surface area contributed by atoms with Gasteiger partial charge in [0.2, 0.25) is 5.96 Å². The Morgan fingerprint density at radius 3 is 1.61 bits per heavy atom. The fraction of sp³-hybridized carbons (Fsp3) is 0.0167. The van der Waals surface area contributed by atoms with E-state index in [0.29, 0.717) is 0 Å². The molecule has 1 unspecified atom stereocenters. The lowest BCUT2D eigenvalue weighted by Gasteiger charge is -2.26. The average molecular weight is 817 g/mol. The molecule has 64 heavy (non-hydrogen) atoms. The van der Waals surface area contributed by atoms with Gasteiger partial charge >= 0.3 is 0 Å². The van der Waals surface area contributed by atoms with E-state index in [2.05, 4.69) is 245 Å². The Morgan fingerprint density at radius 1 is 0.359 bits per heavy atom. The van der Waals surface area contributed by atoms with Crippen molar-refractivity contribution in [3.05, 3.63) is 242 Å². The van der Waals surface area contributed by atoms with Crippen molar-refractivity contribution in [3.63, 3.8) is 0 Å². The summed E-state index contributed by atoms with van der Waals surface area (Å²) in [4.78, 5) is 5.52. The van der Waals surface area contributed by atoms with E-state index in [4.69, 9.17) is 4.99 Å². The summed E-state index contributed by atoms with van der Waals surface area (Å²) in [5, 5.41) is 13.6. The molecular formula is C60H40N4. The Bertz CT molecular complexity index is 3870. The highest BCUT2D eigenvalue weighted by molar-refractivity contribution is 6.16. The van der Waals surface area contributed by atoms with Crippen LogP contribution in [-0.4, -0.2) is 15.1 Å². The predicted molar refractivity (Wildman–Crippen MR) is 269 cm³/mol. The maximum atomic E-state index is 5.52. The fourth-order valence-corrected chi connectivity index (χ4v) is 10.2. The number of nitrogens with one attached hydrogen (secondary N) is 1. The summed E-state index contributed by atoms with van der Waals surface area (Å²) in [6, 6.07) is 81.1. The summed E-state index contributed by atoms with van der Waals surface area (Å²) >= 11 is 0. The van der Waals surface area contributed by atoms with Gasteiger partial charge in [0, 0.05) is 32.8 Å². The van der Waals surface area contributed by atoms with Crippen molar-refractivity contribution in [3.8, 4) is 27.9 Å². The molecule has 13 rings (SSSR count). The lowest BCUT2D eigenvalue weighted by molar-refractivity contribution is 0.766. The second-order valence-electron chi connectivity index (χ2n) is 16.8. The van der Waals surface area contributed by atoms with Crippen molar-refractivity contribution in [1.82, 2.24) is 14.5 Å². The Morgan fingerprint density at radius 2 is 0.875 bits per heavy atom. The summed E-state index contributed by atoms with van der Waals surface area (Å²) < 4.78 is 4.73. The number of rotatable bonds is 5. The maximum Gasteiger partial charge on any atom is 0.209 e. The number of nitrogens with zero attached hydrogens (tertiary/aromatic N) is 3. The number of hydrogen-bond acceptors (Lipinski definition) is 2. The summed E-state index contributed by atoms with van der Waals surface area (Å²) in [6.07, 6.45) is 2.30. The largest absolute Gasteiger partial charge is 0.345 e. The molecule has 1 aliphatic heterocycles. The average Bonchev–Trinajstić information content (AvgIpc) is 3.88. The molecule has 10 aromatic carbocycles. The molecule has 0 saturated carbocycles. The molecule has 0 aliphatic carbocycles. The van der Waals surface area contributed by atoms with E-state index in [1.165, 1.54) is 81.9 Å². The van der Waals surface area contributed by atoms with Crippen molar-refractivity contribution in [2.45, 2.75) is 6.04 Å². The predicted octanol–water partition coefficient (Wildman–Crippen LogP) is 15.1. The van der Waals surface area contributed by atoms with Crippen LogP contribution in [0.2, 0.25) is 0 Å². The molecule has 0 bridgehead atoms. The van der Waals surface area contributed by atoms with E-state index >= 15 is 0 Å². The lowest BCUT2D eigenvalue weighted by Crippen LogP contribution is -2.35. The maximum absolute atomic E-state index is 5.52. The Hall–Kier alpha value is -8.47. The molecule has 4 nitrogen and oxygen atoms in total. The SMILES string of the molecule is C1=C(c2cccc3ccccc23)N=C(n2c3ccccc3c3cc(-c4ccc5c(c4)c4ccccc4n5-c4cccc(-c5ccccc5)c4)ccc32)NC1c1cccc2ccccc12. The van der Waals surface area contributed by atoms with E-state index in [-0.39, 0.29) is 6.04 Å². The van der Waals surface area contributed by atoms with E-state index in [9.17, 15) is 0 Å². The molecular weight excluding hydrogens is 777 g/mol. The fourth-order valence-electron chi connectivity index (χ4n) is 10.2. The monoisotopic (exact) mass is 816 g/mol. The van der Waals surface area contributed by atoms with Crippen LogP contribution in [0.5, 0.6) is 0 Å². The number of aromatic nitrogens is 2. The third kappa shape index (κ3) is 5.80. The van der Waals surface area contributed by atoms with Crippen molar-refractivity contribution < 1.29 is 0 Å². The molecule has 1 N–H and O–H groups in total. The number of aliphatic imine (C=N–C) groups is 1. The quantitative estimate of drug-likeness (QED) is 0.184. The first kappa shape index (κ1) is 36.2. The van der Waals surface area contributed by atoms with Crippen LogP contribution in [0.15, 0.2) is 236 Å². The minimum atomic E-state index is -0.127. The lowest BCUT2D eigenvalue weighted by atomic mass is 9.95. The normalized spacial score (nSPS) is 14.1. The van der Waals surface area contributed by atoms with E-state index < -0.39 is 0 Å². The van der Waals surface area contributed by atoms with Crippen molar-refractivity contribution in [2.75, 3.05) is 0 Å². The van der Waals surface area contributed by atoms with Crippen LogP contribution in [0.25, 0.3) is 98.8 Å². The van der Waals surface area contributed by atoms with E-state index in [1.54, 1.807) is 0 Å². The van der Waals surface area contributed by atoms with Crippen LogP contribution in [0, 0.1) is 0 Å². The molecule has 3 heterocycles. The Labute approximate surface area is 370 Å². The van der Waals surface area contributed by atoms with Crippen LogP contribution in [-0.2, 0) is 0 Å². The van der Waals surface area contributed by atoms with Gasteiger partial charge in [0.25, 0.3) is 0 Å². The van der Waals surface area contributed by atoms with Gasteiger partial charge in [0.15, 0.2) is 0 Å². The van der Waals surface area contributed by atoms with Gasteiger partial charge in [-0.05, 0) is 104 Å². The minimum Gasteiger partial charge on any atom is -0.345 e. The van der Waals surface area contributed by atoms with Crippen LogP contribution in [0.3, 0.4) is 0 Å². The van der Waals surface area contributed by atoms with Crippen molar-refractivity contribution in [2.24, 2.45) is 4.99 Å². The van der Waals surface area contributed by atoms with Gasteiger partial charge in [-0.2, -0.15) is 0 Å². The van der Waals surface area contributed by atoms with Crippen LogP contribution < -0.4 is 5.32 Å². The van der Waals surface area contributed by atoms with Crippen LogP contribution in [0.4, 0.5) is 0 Å². The van der Waals surface area contributed by atoms with Gasteiger partial charge < -0.3 is 9.88 Å².